The zero-order valence-electron chi connectivity index (χ0n) is 10.8. The van der Waals surface area contributed by atoms with E-state index in [4.69, 9.17) is 15.2 Å². The number of hydrogen-bond donors (Lipinski definition) is 1. The molecular formula is C12H25NO3. The van der Waals surface area contributed by atoms with Crippen molar-refractivity contribution in [2.24, 2.45) is 11.1 Å². The van der Waals surface area contributed by atoms with Crippen molar-refractivity contribution in [3.8, 4) is 0 Å². The SMILES string of the molecule is CCOCCCC(CC)(CN)C(=O)OCC. The van der Waals surface area contributed by atoms with Crippen LogP contribution in [0.2, 0.25) is 0 Å². The summed E-state index contributed by atoms with van der Waals surface area (Å²) in [4.78, 5) is 11.8. The molecule has 4 nitrogen and oxygen atoms in total. The highest BCUT2D eigenvalue weighted by molar-refractivity contribution is 5.77. The lowest BCUT2D eigenvalue weighted by atomic mass is 9.81. The summed E-state index contributed by atoms with van der Waals surface area (Å²) >= 11 is 0. The Bertz CT molecular complexity index is 191. The molecule has 0 fully saturated rings. The van der Waals surface area contributed by atoms with Gasteiger partial charge in [-0.25, -0.2) is 0 Å². The van der Waals surface area contributed by atoms with Crippen molar-refractivity contribution in [2.45, 2.75) is 40.0 Å². The zero-order chi connectivity index (χ0) is 12.4. The molecule has 1 unspecified atom stereocenters. The van der Waals surface area contributed by atoms with Crippen LogP contribution in [0.4, 0.5) is 0 Å². The van der Waals surface area contributed by atoms with Gasteiger partial charge in [-0.1, -0.05) is 6.92 Å². The number of esters is 1. The van der Waals surface area contributed by atoms with Crippen molar-refractivity contribution in [3.05, 3.63) is 0 Å². The van der Waals surface area contributed by atoms with Crippen LogP contribution in [0.1, 0.15) is 40.0 Å². The van der Waals surface area contributed by atoms with E-state index in [2.05, 4.69) is 0 Å². The summed E-state index contributed by atoms with van der Waals surface area (Å²) in [5, 5.41) is 0. The number of nitrogens with two attached hydrogens (primary N) is 1. The Hall–Kier alpha value is -0.610. The Morgan fingerprint density at radius 3 is 2.38 bits per heavy atom. The molecule has 0 radical (unpaired) electrons. The molecule has 2 N–H and O–H groups in total. The van der Waals surface area contributed by atoms with Crippen LogP contribution in [0.3, 0.4) is 0 Å². The van der Waals surface area contributed by atoms with Crippen LogP contribution >= 0.6 is 0 Å². The minimum Gasteiger partial charge on any atom is -0.466 e. The predicted molar refractivity (Wildman–Crippen MR) is 64.1 cm³/mol. The first kappa shape index (κ1) is 15.4. The molecule has 96 valence electrons. The normalized spacial score (nSPS) is 14.5. The molecule has 0 amide bonds. The van der Waals surface area contributed by atoms with Crippen molar-refractivity contribution in [1.29, 1.82) is 0 Å². The average molecular weight is 231 g/mol. The van der Waals surface area contributed by atoms with Crippen molar-refractivity contribution in [2.75, 3.05) is 26.4 Å². The molecule has 0 aliphatic rings. The third-order valence-corrected chi connectivity index (χ3v) is 2.92. The summed E-state index contributed by atoms with van der Waals surface area (Å²) < 4.78 is 10.4. The number of hydrogen-bond acceptors (Lipinski definition) is 4. The first-order valence-corrected chi connectivity index (χ1v) is 6.11. The van der Waals surface area contributed by atoms with E-state index in [1.165, 1.54) is 0 Å². The number of carbonyl (C=O) groups is 1. The molecule has 0 aliphatic heterocycles. The van der Waals surface area contributed by atoms with Crippen LogP contribution < -0.4 is 5.73 Å². The van der Waals surface area contributed by atoms with Gasteiger partial charge in [-0.15, -0.1) is 0 Å². The second-order valence-corrected chi connectivity index (χ2v) is 3.86. The van der Waals surface area contributed by atoms with Crippen LogP contribution in [0.5, 0.6) is 0 Å². The van der Waals surface area contributed by atoms with E-state index in [1.807, 2.05) is 20.8 Å². The van der Waals surface area contributed by atoms with Gasteiger partial charge in [-0.2, -0.15) is 0 Å². The van der Waals surface area contributed by atoms with Crippen LogP contribution in [0.25, 0.3) is 0 Å². The Morgan fingerprint density at radius 1 is 1.25 bits per heavy atom. The van der Waals surface area contributed by atoms with Crippen molar-refractivity contribution in [1.82, 2.24) is 0 Å². The molecule has 0 aromatic carbocycles. The Balaban J connectivity index is 4.26. The van der Waals surface area contributed by atoms with Crippen molar-refractivity contribution >= 4 is 5.97 Å². The van der Waals surface area contributed by atoms with E-state index in [9.17, 15) is 4.79 Å². The lowest BCUT2D eigenvalue weighted by Crippen LogP contribution is -2.39. The lowest BCUT2D eigenvalue weighted by molar-refractivity contribution is -0.155. The van der Waals surface area contributed by atoms with Crippen molar-refractivity contribution < 1.29 is 14.3 Å². The highest BCUT2D eigenvalue weighted by Crippen LogP contribution is 2.28. The fraction of sp³-hybridized carbons (Fsp3) is 0.917. The van der Waals surface area contributed by atoms with E-state index in [0.717, 1.165) is 12.8 Å². The monoisotopic (exact) mass is 231 g/mol. The number of ether oxygens (including phenoxy) is 2. The van der Waals surface area contributed by atoms with E-state index < -0.39 is 5.41 Å². The lowest BCUT2D eigenvalue weighted by Gasteiger charge is -2.28. The molecular weight excluding hydrogens is 206 g/mol. The van der Waals surface area contributed by atoms with Gasteiger partial charge in [0.1, 0.15) is 0 Å². The second-order valence-electron chi connectivity index (χ2n) is 3.86. The van der Waals surface area contributed by atoms with Gasteiger partial charge in [0.15, 0.2) is 0 Å². The maximum Gasteiger partial charge on any atom is 0.313 e. The standard InChI is InChI=1S/C12H25NO3/c1-4-12(10-13,11(14)16-6-3)8-7-9-15-5-2/h4-10,13H2,1-3H3. The molecule has 0 aromatic heterocycles. The van der Waals surface area contributed by atoms with E-state index >= 15 is 0 Å². The van der Waals surface area contributed by atoms with Gasteiger partial charge >= 0.3 is 5.97 Å². The molecule has 0 saturated heterocycles. The van der Waals surface area contributed by atoms with Crippen LogP contribution in [0.15, 0.2) is 0 Å². The van der Waals surface area contributed by atoms with Gasteiger partial charge in [0.25, 0.3) is 0 Å². The Labute approximate surface area is 98.5 Å². The van der Waals surface area contributed by atoms with Gasteiger partial charge in [-0.3, -0.25) is 4.79 Å². The van der Waals surface area contributed by atoms with E-state index in [-0.39, 0.29) is 5.97 Å². The molecule has 16 heavy (non-hydrogen) atoms. The highest BCUT2D eigenvalue weighted by atomic mass is 16.5. The molecule has 0 spiro atoms. The van der Waals surface area contributed by atoms with Crippen molar-refractivity contribution in [3.63, 3.8) is 0 Å². The molecule has 0 rings (SSSR count). The molecule has 0 heterocycles. The van der Waals surface area contributed by atoms with E-state index in [1.54, 1.807) is 0 Å². The van der Waals surface area contributed by atoms with Gasteiger partial charge < -0.3 is 15.2 Å². The van der Waals surface area contributed by atoms with Crippen LogP contribution in [-0.4, -0.2) is 32.3 Å². The fourth-order valence-electron chi connectivity index (χ4n) is 1.69. The summed E-state index contributed by atoms with van der Waals surface area (Å²) in [5.41, 5.74) is 5.20. The summed E-state index contributed by atoms with van der Waals surface area (Å²) in [6, 6.07) is 0. The summed E-state index contributed by atoms with van der Waals surface area (Å²) in [6.45, 7) is 7.89. The maximum absolute atomic E-state index is 11.8. The molecule has 0 saturated carbocycles. The minimum absolute atomic E-state index is 0.170. The molecule has 1 atom stereocenters. The zero-order valence-corrected chi connectivity index (χ0v) is 10.8. The molecule has 0 aliphatic carbocycles. The molecule has 0 aromatic rings. The minimum atomic E-state index is -0.521. The highest BCUT2D eigenvalue weighted by Gasteiger charge is 2.36. The topological polar surface area (TPSA) is 61.5 Å². The van der Waals surface area contributed by atoms with Gasteiger partial charge in [0.05, 0.1) is 12.0 Å². The fourth-order valence-corrected chi connectivity index (χ4v) is 1.69. The average Bonchev–Trinajstić information content (AvgIpc) is 2.30. The van der Waals surface area contributed by atoms with Crippen LogP contribution in [-0.2, 0) is 14.3 Å². The quantitative estimate of drug-likeness (QED) is 0.485. The summed E-state index contributed by atoms with van der Waals surface area (Å²) in [6.07, 6.45) is 2.30. The predicted octanol–water partition coefficient (Wildman–Crippen LogP) is 1.72. The summed E-state index contributed by atoms with van der Waals surface area (Å²) in [7, 11) is 0. The van der Waals surface area contributed by atoms with Gasteiger partial charge in [-0.05, 0) is 33.1 Å². The molecule has 4 heteroatoms. The first-order valence-electron chi connectivity index (χ1n) is 6.11. The third-order valence-electron chi connectivity index (χ3n) is 2.92. The Kier molecular flexibility index (Phi) is 8.21. The number of carbonyl (C=O) groups excluding carboxylic acids is 1. The van der Waals surface area contributed by atoms with Gasteiger partial charge in [0, 0.05) is 19.8 Å². The smallest absolute Gasteiger partial charge is 0.313 e. The first-order chi connectivity index (χ1) is 7.66. The third kappa shape index (κ3) is 4.49. The number of rotatable bonds is 9. The maximum atomic E-state index is 11.8. The Morgan fingerprint density at radius 2 is 1.94 bits per heavy atom. The summed E-state index contributed by atoms with van der Waals surface area (Å²) in [5.74, 6) is -0.170. The van der Waals surface area contributed by atoms with Gasteiger partial charge in [0.2, 0.25) is 0 Å². The second kappa shape index (κ2) is 8.53. The molecule has 0 bridgehead atoms. The largest absolute Gasteiger partial charge is 0.466 e. The van der Waals surface area contributed by atoms with Crippen LogP contribution in [0, 0.1) is 5.41 Å². The van der Waals surface area contributed by atoms with E-state index in [0.29, 0.717) is 32.8 Å².